The molecule has 0 aromatic heterocycles. The standard InChI is InChI=1S/C16H23BrN2O/c1-19(11-12-6-8-14(17)9-7-12)16(20)10-13-4-2-3-5-15(13)18/h6-9,13,15H,2-5,10-11,18H2,1H3. The minimum atomic E-state index is 0.203. The highest BCUT2D eigenvalue weighted by Crippen LogP contribution is 2.26. The van der Waals surface area contributed by atoms with Crippen molar-refractivity contribution in [2.75, 3.05) is 7.05 Å². The second kappa shape index (κ2) is 7.23. The number of rotatable bonds is 4. The van der Waals surface area contributed by atoms with Crippen LogP contribution in [-0.2, 0) is 11.3 Å². The van der Waals surface area contributed by atoms with Crippen molar-refractivity contribution in [3.63, 3.8) is 0 Å². The molecule has 1 aromatic carbocycles. The molecule has 2 atom stereocenters. The van der Waals surface area contributed by atoms with Crippen molar-refractivity contribution < 1.29 is 4.79 Å². The molecular formula is C16H23BrN2O. The molecule has 3 nitrogen and oxygen atoms in total. The molecule has 1 amide bonds. The summed E-state index contributed by atoms with van der Waals surface area (Å²) >= 11 is 3.42. The van der Waals surface area contributed by atoms with Crippen LogP contribution < -0.4 is 5.73 Å². The molecule has 0 spiro atoms. The molecule has 110 valence electrons. The lowest BCUT2D eigenvalue weighted by molar-refractivity contribution is -0.131. The predicted molar refractivity (Wildman–Crippen MR) is 85.2 cm³/mol. The molecule has 4 heteroatoms. The average Bonchev–Trinajstić information content (AvgIpc) is 2.44. The van der Waals surface area contributed by atoms with Crippen LogP contribution in [0.15, 0.2) is 28.7 Å². The van der Waals surface area contributed by atoms with Crippen LogP contribution in [0.3, 0.4) is 0 Å². The van der Waals surface area contributed by atoms with E-state index in [0.29, 0.717) is 18.9 Å². The monoisotopic (exact) mass is 338 g/mol. The zero-order chi connectivity index (χ0) is 14.5. The van der Waals surface area contributed by atoms with Crippen molar-refractivity contribution in [3.8, 4) is 0 Å². The molecule has 2 rings (SSSR count). The lowest BCUT2D eigenvalue weighted by Crippen LogP contribution is -2.37. The zero-order valence-corrected chi connectivity index (χ0v) is 13.6. The summed E-state index contributed by atoms with van der Waals surface area (Å²) in [7, 11) is 1.87. The molecule has 1 aromatic rings. The van der Waals surface area contributed by atoms with Crippen molar-refractivity contribution in [3.05, 3.63) is 34.3 Å². The number of carbonyl (C=O) groups is 1. The normalized spacial score (nSPS) is 22.6. The first-order chi connectivity index (χ1) is 9.56. The third-order valence-electron chi connectivity index (χ3n) is 4.16. The van der Waals surface area contributed by atoms with Crippen LogP contribution in [0.5, 0.6) is 0 Å². The van der Waals surface area contributed by atoms with Gasteiger partial charge >= 0.3 is 0 Å². The third-order valence-corrected chi connectivity index (χ3v) is 4.69. The van der Waals surface area contributed by atoms with E-state index in [1.54, 1.807) is 0 Å². The van der Waals surface area contributed by atoms with E-state index in [2.05, 4.69) is 15.9 Å². The van der Waals surface area contributed by atoms with Crippen LogP contribution in [0.2, 0.25) is 0 Å². The van der Waals surface area contributed by atoms with Gasteiger partial charge in [0, 0.05) is 30.5 Å². The second-order valence-electron chi connectivity index (χ2n) is 5.79. The Morgan fingerprint density at radius 1 is 1.30 bits per heavy atom. The Morgan fingerprint density at radius 3 is 2.60 bits per heavy atom. The van der Waals surface area contributed by atoms with Gasteiger partial charge in [0.05, 0.1) is 0 Å². The predicted octanol–water partition coefficient (Wildman–Crippen LogP) is 3.32. The molecule has 1 saturated carbocycles. The smallest absolute Gasteiger partial charge is 0.222 e. The van der Waals surface area contributed by atoms with E-state index >= 15 is 0 Å². The number of hydrogen-bond donors (Lipinski definition) is 1. The molecule has 0 aliphatic heterocycles. The number of nitrogens with two attached hydrogens (primary N) is 1. The lowest BCUT2D eigenvalue weighted by atomic mass is 9.83. The van der Waals surface area contributed by atoms with Crippen LogP contribution in [0, 0.1) is 5.92 Å². The van der Waals surface area contributed by atoms with Crippen LogP contribution in [-0.4, -0.2) is 23.9 Å². The summed E-state index contributed by atoms with van der Waals surface area (Å²) in [5.41, 5.74) is 7.27. The number of benzene rings is 1. The van der Waals surface area contributed by atoms with Crippen LogP contribution in [0.25, 0.3) is 0 Å². The molecule has 20 heavy (non-hydrogen) atoms. The Balaban J connectivity index is 1.86. The fourth-order valence-electron chi connectivity index (χ4n) is 2.82. The van der Waals surface area contributed by atoms with E-state index in [1.807, 2.05) is 36.2 Å². The van der Waals surface area contributed by atoms with Crippen molar-refractivity contribution in [2.24, 2.45) is 11.7 Å². The summed E-state index contributed by atoms with van der Waals surface area (Å²) in [6.07, 6.45) is 5.17. The Morgan fingerprint density at radius 2 is 1.95 bits per heavy atom. The number of nitrogens with zero attached hydrogens (tertiary/aromatic N) is 1. The van der Waals surface area contributed by atoms with Gasteiger partial charge in [-0.15, -0.1) is 0 Å². The summed E-state index contributed by atoms with van der Waals surface area (Å²) in [6, 6.07) is 8.30. The summed E-state index contributed by atoms with van der Waals surface area (Å²) in [5, 5.41) is 0. The lowest BCUT2D eigenvalue weighted by Gasteiger charge is -2.29. The molecule has 0 heterocycles. The molecule has 2 N–H and O–H groups in total. The van der Waals surface area contributed by atoms with Crippen molar-refractivity contribution >= 4 is 21.8 Å². The van der Waals surface area contributed by atoms with Crippen molar-refractivity contribution in [1.82, 2.24) is 4.90 Å². The third kappa shape index (κ3) is 4.32. The summed E-state index contributed by atoms with van der Waals surface area (Å²) < 4.78 is 1.06. The fourth-order valence-corrected chi connectivity index (χ4v) is 3.09. The van der Waals surface area contributed by atoms with Gasteiger partial charge in [-0.1, -0.05) is 40.9 Å². The summed E-state index contributed by atoms with van der Waals surface area (Å²) in [6.45, 7) is 0.661. The largest absolute Gasteiger partial charge is 0.341 e. The maximum absolute atomic E-state index is 12.3. The van der Waals surface area contributed by atoms with Crippen LogP contribution >= 0.6 is 15.9 Å². The number of hydrogen-bond acceptors (Lipinski definition) is 2. The number of amides is 1. The maximum Gasteiger partial charge on any atom is 0.222 e. The molecular weight excluding hydrogens is 316 g/mol. The number of halogens is 1. The first-order valence-corrected chi connectivity index (χ1v) is 8.09. The van der Waals surface area contributed by atoms with Gasteiger partial charge in [0.25, 0.3) is 0 Å². The van der Waals surface area contributed by atoms with Crippen molar-refractivity contribution in [2.45, 2.75) is 44.7 Å². The van der Waals surface area contributed by atoms with E-state index in [4.69, 9.17) is 5.73 Å². The van der Waals surface area contributed by atoms with Crippen LogP contribution in [0.4, 0.5) is 0 Å². The first-order valence-electron chi connectivity index (χ1n) is 7.30. The van der Waals surface area contributed by atoms with Gasteiger partial charge in [-0.25, -0.2) is 0 Å². The molecule has 1 aliphatic carbocycles. The maximum atomic E-state index is 12.3. The van der Waals surface area contributed by atoms with Crippen LogP contribution in [0.1, 0.15) is 37.7 Å². The van der Waals surface area contributed by atoms with Gasteiger partial charge in [-0.2, -0.15) is 0 Å². The highest BCUT2D eigenvalue weighted by atomic mass is 79.9. The summed E-state index contributed by atoms with van der Waals surface area (Å²) in [5.74, 6) is 0.568. The van der Waals surface area contributed by atoms with E-state index < -0.39 is 0 Å². The Hall–Kier alpha value is -0.870. The zero-order valence-electron chi connectivity index (χ0n) is 12.0. The minimum absolute atomic E-state index is 0.203. The Kier molecular flexibility index (Phi) is 5.61. The second-order valence-corrected chi connectivity index (χ2v) is 6.70. The van der Waals surface area contributed by atoms with E-state index in [0.717, 1.165) is 22.9 Å². The Bertz CT molecular complexity index is 446. The van der Waals surface area contributed by atoms with Gasteiger partial charge in [0.1, 0.15) is 0 Å². The summed E-state index contributed by atoms with van der Waals surface area (Å²) in [4.78, 5) is 14.1. The average molecular weight is 339 g/mol. The van der Waals surface area contributed by atoms with Crippen molar-refractivity contribution in [1.29, 1.82) is 0 Å². The first kappa shape index (κ1) is 15.5. The fraction of sp³-hybridized carbons (Fsp3) is 0.562. The van der Waals surface area contributed by atoms with Gasteiger partial charge in [0.2, 0.25) is 5.91 Å². The number of carbonyl (C=O) groups excluding carboxylic acids is 1. The SMILES string of the molecule is CN(Cc1ccc(Br)cc1)C(=O)CC1CCCCC1N. The molecule has 0 bridgehead atoms. The van der Waals surface area contributed by atoms with Gasteiger partial charge in [0.15, 0.2) is 0 Å². The molecule has 2 unspecified atom stereocenters. The highest BCUT2D eigenvalue weighted by Gasteiger charge is 2.25. The van der Waals surface area contributed by atoms with E-state index in [1.165, 1.54) is 12.8 Å². The topological polar surface area (TPSA) is 46.3 Å². The van der Waals surface area contributed by atoms with E-state index in [9.17, 15) is 4.79 Å². The van der Waals surface area contributed by atoms with Gasteiger partial charge in [-0.05, 0) is 36.5 Å². The molecule has 1 fully saturated rings. The molecule has 1 aliphatic rings. The van der Waals surface area contributed by atoms with Gasteiger partial charge in [-0.3, -0.25) is 4.79 Å². The highest BCUT2D eigenvalue weighted by molar-refractivity contribution is 9.10. The Labute approximate surface area is 129 Å². The molecule has 0 radical (unpaired) electrons. The molecule has 0 saturated heterocycles. The van der Waals surface area contributed by atoms with Gasteiger partial charge < -0.3 is 10.6 Å². The minimum Gasteiger partial charge on any atom is -0.341 e. The quantitative estimate of drug-likeness (QED) is 0.915. The van der Waals surface area contributed by atoms with E-state index in [-0.39, 0.29) is 11.9 Å².